The van der Waals surface area contributed by atoms with Gasteiger partial charge in [0.25, 0.3) is 0 Å². The third-order valence-corrected chi connectivity index (χ3v) is 5.85. The van der Waals surface area contributed by atoms with Crippen molar-refractivity contribution in [1.29, 1.82) is 0 Å². The molecule has 3 aromatic rings. The summed E-state index contributed by atoms with van der Waals surface area (Å²) in [7, 11) is 3.20. The van der Waals surface area contributed by atoms with E-state index in [9.17, 15) is 0 Å². The lowest BCUT2D eigenvalue weighted by Crippen LogP contribution is -2.26. The van der Waals surface area contributed by atoms with E-state index >= 15 is 0 Å². The number of pyridine rings is 1. The number of hydrogen-bond acceptors (Lipinski definition) is 6. The summed E-state index contributed by atoms with van der Waals surface area (Å²) >= 11 is 0. The zero-order valence-corrected chi connectivity index (χ0v) is 18.4. The first-order chi connectivity index (χ1) is 15.2. The number of methoxy groups -OCH3 is 2. The van der Waals surface area contributed by atoms with Crippen LogP contribution in [0.3, 0.4) is 0 Å². The summed E-state index contributed by atoms with van der Waals surface area (Å²) in [4.78, 5) is 4.48. The first kappa shape index (κ1) is 21.2. The molecule has 0 aliphatic heterocycles. The molecule has 6 heteroatoms. The fourth-order valence-electron chi connectivity index (χ4n) is 4.24. The second kappa shape index (κ2) is 9.88. The van der Waals surface area contributed by atoms with Crippen LogP contribution < -0.4 is 19.5 Å². The van der Waals surface area contributed by atoms with Crippen molar-refractivity contribution in [2.75, 3.05) is 14.2 Å². The predicted octanol–water partition coefficient (Wildman–Crippen LogP) is 5.81. The van der Waals surface area contributed by atoms with Gasteiger partial charge in [-0.15, -0.1) is 0 Å². The maximum absolute atomic E-state index is 5.96. The lowest BCUT2D eigenvalue weighted by Gasteiger charge is -2.23. The van der Waals surface area contributed by atoms with E-state index < -0.39 is 0 Å². The van der Waals surface area contributed by atoms with Gasteiger partial charge in [0, 0.05) is 18.8 Å². The molecule has 0 spiro atoms. The zero-order valence-electron chi connectivity index (χ0n) is 18.4. The first-order valence-electron chi connectivity index (χ1n) is 10.8. The normalized spacial score (nSPS) is 15.1. The highest BCUT2D eigenvalue weighted by Crippen LogP contribution is 2.39. The smallest absolute Gasteiger partial charge is 0.219 e. The second-order valence-electron chi connectivity index (χ2n) is 7.95. The van der Waals surface area contributed by atoms with Crippen molar-refractivity contribution in [2.45, 2.75) is 45.2 Å². The molecule has 1 N–H and O–H groups in total. The maximum Gasteiger partial charge on any atom is 0.219 e. The number of rotatable bonds is 9. The van der Waals surface area contributed by atoms with Crippen molar-refractivity contribution < 1.29 is 18.6 Å². The maximum atomic E-state index is 5.96. The molecule has 31 heavy (non-hydrogen) atoms. The van der Waals surface area contributed by atoms with Crippen LogP contribution in [0, 0.1) is 12.8 Å². The summed E-state index contributed by atoms with van der Waals surface area (Å²) in [6, 6.07) is 13.8. The van der Waals surface area contributed by atoms with Crippen LogP contribution >= 0.6 is 0 Å². The Kier molecular flexibility index (Phi) is 6.77. The van der Waals surface area contributed by atoms with Crippen LogP contribution in [0.15, 0.2) is 53.1 Å². The highest BCUT2D eigenvalue weighted by Gasteiger charge is 2.28. The van der Waals surface area contributed by atoms with Crippen LogP contribution in [-0.4, -0.2) is 19.2 Å². The van der Waals surface area contributed by atoms with Gasteiger partial charge in [0.1, 0.15) is 11.5 Å². The number of aryl methyl sites for hydroxylation is 1. The Morgan fingerprint density at radius 3 is 2.35 bits per heavy atom. The zero-order chi connectivity index (χ0) is 21.6. The monoisotopic (exact) mass is 422 g/mol. The van der Waals surface area contributed by atoms with E-state index in [1.807, 2.05) is 49.5 Å². The van der Waals surface area contributed by atoms with Gasteiger partial charge >= 0.3 is 0 Å². The second-order valence-corrected chi connectivity index (χ2v) is 7.95. The summed E-state index contributed by atoms with van der Waals surface area (Å²) in [5.41, 5.74) is 1.09. The molecule has 2 heterocycles. The summed E-state index contributed by atoms with van der Waals surface area (Å²) in [5, 5.41) is 3.70. The van der Waals surface area contributed by atoms with Crippen molar-refractivity contribution in [2.24, 2.45) is 5.92 Å². The van der Waals surface area contributed by atoms with Gasteiger partial charge in [-0.3, -0.25) is 0 Å². The summed E-state index contributed by atoms with van der Waals surface area (Å²) in [6.45, 7) is 2.71. The Hall–Kier alpha value is -2.99. The van der Waals surface area contributed by atoms with Gasteiger partial charge in [0.2, 0.25) is 11.6 Å². The Labute approximate surface area is 183 Å². The highest BCUT2D eigenvalue weighted by molar-refractivity contribution is 5.52. The average molecular weight is 423 g/mol. The number of aromatic nitrogens is 1. The number of benzene rings is 1. The molecule has 1 atom stereocenters. The van der Waals surface area contributed by atoms with Gasteiger partial charge in [-0.05, 0) is 55.5 Å². The first-order valence-corrected chi connectivity index (χ1v) is 10.8. The van der Waals surface area contributed by atoms with Crippen molar-refractivity contribution in [3.8, 4) is 23.1 Å². The standard InChI is InChI=1S/C25H30N2O4/c1-17-11-13-20(30-17)24(19-7-4-5-8-19)27-16-18-12-14-23(26-15-18)31-25-21(28-2)9-6-10-22(25)29-3/h6,9-15,19,24,27H,4-5,7-8,16H2,1-3H3/t24-/m0/s1. The van der Waals surface area contributed by atoms with Crippen molar-refractivity contribution in [1.82, 2.24) is 10.3 Å². The Balaban J connectivity index is 1.44. The minimum atomic E-state index is 0.227. The van der Waals surface area contributed by atoms with Crippen LogP contribution in [-0.2, 0) is 6.54 Å². The summed E-state index contributed by atoms with van der Waals surface area (Å²) in [6.07, 6.45) is 6.90. The van der Waals surface area contributed by atoms with Crippen LogP contribution in [0.4, 0.5) is 0 Å². The molecule has 1 aromatic carbocycles. The number of furan rings is 1. The molecule has 0 amide bonds. The molecule has 164 valence electrons. The molecule has 0 unspecified atom stereocenters. The fraction of sp³-hybridized carbons (Fsp3) is 0.400. The number of para-hydroxylation sites is 1. The predicted molar refractivity (Wildman–Crippen MR) is 119 cm³/mol. The molecule has 1 aliphatic rings. The molecule has 0 bridgehead atoms. The number of nitrogens with zero attached hydrogens (tertiary/aromatic N) is 1. The lowest BCUT2D eigenvalue weighted by atomic mass is 9.96. The van der Waals surface area contributed by atoms with E-state index in [1.165, 1.54) is 25.7 Å². The average Bonchev–Trinajstić information content (AvgIpc) is 3.48. The largest absolute Gasteiger partial charge is 0.493 e. The Bertz CT molecular complexity index is 955. The summed E-state index contributed by atoms with van der Waals surface area (Å²) < 4.78 is 22.7. The highest BCUT2D eigenvalue weighted by atomic mass is 16.5. The van der Waals surface area contributed by atoms with Crippen LogP contribution in [0.2, 0.25) is 0 Å². The molecule has 4 rings (SSSR count). The topological polar surface area (TPSA) is 65.8 Å². The van der Waals surface area contributed by atoms with Gasteiger partial charge in [0.05, 0.1) is 20.3 Å². The molecule has 1 aliphatic carbocycles. The number of ether oxygens (including phenoxy) is 3. The van der Waals surface area contributed by atoms with Gasteiger partial charge in [0.15, 0.2) is 11.5 Å². The van der Waals surface area contributed by atoms with E-state index in [4.69, 9.17) is 18.6 Å². The van der Waals surface area contributed by atoms with Gasteiger partial charge in [-0.25, -0.2) is 4.98 Å². The SMILES string of the molecule is COc1cccc(OC)c1Oc1ccc(CN[C@H](c2ccc(C)o2)C2CCCC2)cn1. The quantitative estimate of drug-likeness (QED) is 0.469. The van der Waals surface area contributed by atoms with Crippen LogP contribution in [0.5, 0.6) is 23.1 Å². The van der Waals surface area contributed by atoms with Crippen molar-refractivity contribution >= 4 is 0 Å². The van der Waals surface area contributed by atoms with Crippen molar-refractivity contribution in [3.63, 3.8) is 0 Å². The minimum Gasteiger partial charge on any atom is -0.493 e. The van der Waals surface area contributed by atoms with Crippen LogP contribution in [0.25, 0.3) is 0 Å². The Morgan fingerprint density at radius 2 is 1.77 bits per heavy atom. The van der Waals surface area contributed by atoms with Crippen molar-refractivity contribution in [3.05, 3.63) is 65.7 Å². The van der Waals surface area contributed by atoms with E-state index in [1.54, 1.807) is 14.2 Å². The third kappa shape index (κ3) is 5.02. The van der Waals surface area contributed by atoms with E-state index in [2.05, 4.69) is 16.4 Å². The molecule has 0 radical (unpaired) electrons. The van der Waals surface area contributed by atoms with Crippen LogP contribution in [0.1, 0.15) is 48.8 Å². The van der Waals surface area contributed by atoms with E-state index in [0.29, 0.717) is 35.6 Å². The minimum absolute atomic E-state index is 0.227. The molecule has 1 fully saturated rings. The van der Waals surface area contributed by atoms with E-state index in [0.717, 1.165) is 17.1 Å². The fourth-order valence-corrected chi connectivity index (χ4v) is 4.24. The van der Waals surface area contributed by atoms with Gasteiger partial charge in [-0.1, -0.05) is 25.0 Å². The molecular formula is C25H30N2O4. The molecule has 2 aromatic heterocycles. The number of nitrogens with one attached hydrogen (secondary N) is 1. The molecular weight excluding hydrogens is 392 g/mol. The third-order valence-electron chi connectivity index (χ3n) is 5.85. The molecule has 1 saturated carbocycles. The van der Waals surface area contributed by atoms with Gasteiger partial charge < -0.3 is 23.9 Å². The molecule has 0 saturated heterocycles. The van der Waals surface area contributed by atoms with E-state index in [-0.39, 0.29) is 6.04 Å². The van der Waals surface area contributed by atoms with Gasteiger partial charge in [-0.2, -0.15) is 0 Å². The summed E-state index contributed by atoms with van der Waals surface area (Å²) in [5.74, 6) is 4.79. The molecule has 6 nitrogen and oxygen atoms in total. The Morgan fingerprint density at radius 1 is 1.03 bits per heavy atom. The number of hydrogen-bond donors (Lipinski definition) is 1. The lowest BCUT2D eigenvalue weighted by molar-refractivity contribution is 0.306.